The molecule has 2 heteroatoms. The van der Waals surface area contributed by atoms with E-state index in [9.17, 15) is 0 Å². The predicted octanol–water partition coefficient (Wildman–Crippen LogP) is 12.0. The van der Waals surface area contributed by atoms with Gasteiger partial charge < -0.3 is 27.7 Å². The van der Waals surface area contributed by atoms with Gasteiger partial charge in [0.1, 0.15) is 0 Å². The molecule has 0 radical (unpaired) electrons. The summed E-state index contributed by atoms with van der Waals surface area (Å²) < 4.78 is 0. The van der Waals surface area contributed by atoms with Crippen LogP contribution in [-0.4, -0.2) is 46.1 Å². The molecule has 0 nitrogen and oxygen atoms in total. The van der Waals surface area contributed by atoms with Crippen LogP contribution in [0.5, 0.6) is 0 Å². The third-order valence-electron chi connectivity index (χ3n) is 5.41. The van der Waals surface area contributed by atoms with Crippen molar-refractivity contribution >= 4 is 46.1 Å². The number of rotatable bonds is 20. The van der Waals surface area contributed by atoms with E-state index in [-0.39, 0.29) is 46.1 Å². The quantitative estimate of drug-likeness (QED) is 0.0884. The van der Waals surface area contributed by atoms with Crippen LogP contribution in [0.15, 0.2) is 0 Å². The number of hydrogen-bond donors (Lipinski definition) is 0. The van der Waals surface area contributed by atoms with E-state index in [1.54, 1.807) is 0 Å². The topological polar surface area (TPSA) is 0 Å². The van der Waals surface area contributed by atoms with Crippen LogP contribution in [0.1, 0.15) is 182 Å². The van der Waals surface area contributed by atoms with E-state index >= 15 is 0 Å². The largest absolute Gasteiger partial charge is 2.00 e. The van der Waals surface area contributed by atoms with Gasteiger partial charge in [0.05, 0.1) is 0 Å². The molecule has 0 unspecified atom stereocenters. The zero-order valence-electron chi connectivity index (χ0n) is 25.2. The molecule has 0 aromatic carbocycles. The van der Waals surface area contributed by atoms with Gasteiger partial charge in [-0.2, -0.15) is 25.7 Å². The Morgan fingerprint density at radius 2 is 0.412 bits per heavy atom. The Labute approximate surface area is 254 Å². The van der Waals surface area contributed by atoms with Gasteiger partial charge in [0.15, 0.2) is 0 Å². The van der Waals surface area contributed by atoms with Crippen LogP contribution in [0, 0.1) is 27.7 Å². The van der Waals surface area contributed by atoms with Crippen molar-refractivity contribution in [2.24, 2.45) is 0 Å². The van der Waals surface area contributed by atoms with Crippen molar-refractivity contribution in [2.75, 3.05) is 0 Å². The molecule has 200 valence electrons. The average Bonchev–Trinajstić information content (AvgIpc) is 2.82. The first-order valence-electron chi connectivity index (χ1n) is 14.8. The zero-order valence-corrected chi connectivity index (χ0v) is 28.0. The minimum Gasteiger partial charge on any atom is -0.343 e. The maximum atomic E-state index is 3.82. The summed E-state index contributed by atoms with van der Waals surface area (Å²) in [6, 6.07) is 0. The second-order valence-electron chi connectivity index (χ2n) is 9.07. The van der Waals surface area contributed by atoms with Gasteiger partial charge in [-0.3, -0.25) is 0 Å². The van der Waals surface area contributed by atoms with Crippen LogP contribution in [0.3, 0.4) is 0 Å². The molecule has 0 N–H and O–H groups in total. The van der Waals surface area contributed by atoms with Crippen molar-refractivity contribution in [1.29, 1.82) is 0 Å². The number of unbranched alkanes of at least 4 members (excludes halogenated alkanes) is 20. The van der Waals surface area contributed by atoms with E-state index in [4.69, 9.17) is 0 Å². The third kappa shape index (κ3) is 76.5. The minimum atomic E-state index is 0. The molecule has 0 saturated carbocycles. The third-order valence-corrected chi connectivity index (χ3v) is 5.41. The van der Waals surface area contributed by atoms with Crippen molar-refractivity contribution in [3.05, 3.63) is 27.7 Å². The Kier molecular flexibility index (Phi) is 85.1. The molecule has 0 aliphatic carbocycles. The molecular formula is C32H68Mg2. The van der Waals surface area contributed by atoms with Crippen molar-refractivity contribution in [3.8, 4) is 0 Å². The summed E-state index contributed by atoms with van der Waals surface area (Å²) in [4.78, 5) is 0. The van der Waals surface area contributed by atoms with Crippen LogP contribution >= 0.6 is 0 Å². The summed E-state index contributed by atoms with van der Waals surface area (Å²) in [6.45, 7) is 24.0. The SMILES string of the molecule is [CH2-]CCCCC.[CH2-]CCCCC.[CH2-]CCCCCCCCC.[CH2-]CCCCCCCCC.[Mg+2].[Mg+2]. The fraction of sp³-hybridized carbons (Fsp3) is 0.875. The Bertz CT molecular complexity index is 183. The molecule has 34 heavy (non-hydrogen) atoms. The molecule has 0 bridgehead atoms. The molecule has 0 spiro atoms. The molecule has 0 rings (SSSR count). The first-order chi connectivity index (χ1) is 15.7. The molecule has 0 heterocycles. The van der Waals surface area contributed by atoms with E-state index in [0.717, 1.165) is 25.7 Å². The fourth-order valence-corrected chi connectivity index (χ4v) is 3.12. The standard InChI is InChI=1S/2C10H21.2C6H13.2Mg/c2*1-3-5-7-9-10-8-6-4-2;2*1-3-5-6-4-2;;/h2*1,3-10H2,2H3;2*1,3-6H2,2H3;;/q4*-1;2*+2. The molecule has 0 aliphatic heterocycles. The first kappa shape index (κ1) is 48.6. The van der Waals surface area contributed by atoms with Gasteiger partial charge in [-0.1, -0.05) is 156 Å². The summed E-state index contributed by atoms with van der Waals surface area (Å²) in [5.74, 6) is 0. The fourth-order valence-electron chi connectivity index (χ4n) is 3.12. The Hall–Kier alpha value is 1.53. The van der Waals surface area contributed by atoms with Crippen molar-refractivity contribution in [2.45, 2.75) is 182 Å². The van der Waals surface area contributed by atoms with Crippen molar-refractivity contribution < 1.29 is 0 Å². The molecular weight excluding hydrogens is 433 g/mol. The van der Waals surface area contributed by atoms with Crippen LogP contribution < -0.4 is 0 Å². The maximum Gasteiger partial charge on any atom is 2.00 e. The maximum absolute atomic E-state index is 3.82. The second kappa shape index (κ2) is 59.6. The Morgan fingerprint density at radius 1 is 0.265 bits per heavy atom. The van der Waals surface area contributed by atoms with Crippen LogP contribution in [0.25, 0.3) is 0 Å². The molecule has 0 atom stereocenters. The van der Waals surface area contributed by atoms with Gasteiger partial charge in [0.2, 0.25) is 0 Å². The van der Waals surface area contributed by atoms with Crippen molar-refractivity contribution in [1.82, 2.24) is 0 Å². The monoisotopic (exact) mass is 501 g/mol. The molecule has 0 aliphatic rings. The molecule has 0 aromatic heterocycles. The summed E-state index contributed by atoms with van der Waals surface area (Å²) >= 11 is 0. The first-order valence-corrected chi connectivity index (χ1v) is 14.8. The minimum absolute atomic E-state index is 0. The Morgan fingerprint density at radius 3 is 0.588 bits per heavy atom. The summed E-state index contributed by atoms with van der Waals surface area (Å²) in [6.07, 6.45) is 32.0. The van der Waals surface area contributed by atoms with Gasteiger partial charge >= 0.3 is 46.1 Å². The van der Waals surface area contributed by atoms with Crippen LogP contribution in [-0.2, 0) is 0 Å². The van der Waals surface area contributed by atoms with Gasteiger partial charge in [-0.05, 0) is 0 Å². The molecule has 0 aromatic rings. The Balaban J connectivity index is -0.0000000775. The van der Waals surface area contributed by atoms with E-state index in [1.165, 1.54) is 128 Å². The zero-order chi connectivity index (χ0) is 25.0. The average molecular weight is 502 g/mol. The number of hydrogen-bond acceptors (Lipinski definition) is 0. The van der Waals surface area contributed by atoms with E-state index < -0.39 is 0 Å². The van der Waals surface area contributed by atoms with Gasteiger partial charge in [0.25, 0.3) is 0 Å². The van der Waals surface area contributed by atoms with E-state index in [0.29, 0.717) is 0 Å². The normalized spacial score (nSPS) is 9.18. The predicted molar refractivity (Wildman–Crippen MR) is 166 cm³/mol. The molecule has 0 amide bonds. The van der Waals surface area contributed by atoms with E-state index in [2.05, 4.69) is 55.4 Å². The van der Waals surface area contributed by atoms with Gasteiger partial charge in [0, 0.05) is 0 Å². The molecule has 0 fully saturated rings. The van der Waals surface area contributed by atoms with Crippen LogP contribution in [0.2, 0.25) is 0 Å². The van der Waals surface area contributed by atoms with Crippen molar-refractivity contribution in [3.63, 3.8) is 0 Å². The van der Waals surface area contributed by atoms with E-state index in [1.807, 2.05) is 0 Å². The second-order valence-corrected chi connectivity index (χ2v) is 9.07. The summed E-state index contributed by atoms with van der Waals surface area (Å²) in [7, 11) is 0. The smallest absolute Gasteiger partial charge is 0.343 e. The van der Waals surface area contributed by atoms with Gasteiger partial charge in [-0.25, -0.2) is 0 Å². The van der Waals surface area contributed by atoms with Crippen LogP contribution in [0.4, 0.5) is 0 Å². The summed E-state index contributed by atoms with van der Waals surface area (Å²) in [5.41, 5.74) is 0. The summed E-state index contributed by atoms with van der Waals surface area (Å²) in [5, 5.41) is 0. The molecule has 0 saturated heterocycles. The van der Waals surface area contributed by atoms with Gasteiger partial charge in [-0.15, -0.1) is 0 Å².